The molecule has 1 aromatic rings. The van der Waals surface area contributed by atoms with Gasteiger partial charge in [0.2, 0.25) is 17.7 Å². The van der Waals surface area contributed by atoms with E-state index < -0.39 is 0 Å². The first-order valence-electron chi connectivity index (χ1n) is 15.7. The topological polar surface area (TPSA) is 82.2 Å². The number of rotatable bonds is 9. The zero-order valence-electron chi connectivity index (χ0n) is 24.4. The number of ether oxygens (including phenoxy) is 1. The molecule has 2 aliphatic heterocycles. The van der Waals surface area contributed by atoms with Crippen LogP contribution >= 0.6 is 11.6 Å². The summed E-state index contributed by atoms with van der Waals surface area (Å²) in [6.45, 7) is 7.50. The molecule has 9 heteroatoms. The van der Waals surface area contributed by atoms with Crippen molar-refractivity contribution in [1.82, 2.24) is 20.0 Å². The van der Waals surface area contributed by atoms with E-state index >= 15 is 0 Å². The van der Waals surface area contributed by atoms with Crippen LogP contribution in [0, 0.1) is 29.1 Å². The fourth-order valence-electron chi connectivity index (χ4n) is 8.72. The maximum absolute atomic E-state index is 12.9. The third-order valence-electron chi connectivity index (χ3n) is 10.7. The molecular formula is C32H45ClN4O4. The Hall–Kier alpha value is -2.32. The second-order valence-electron chi connectivity index (χ2n) is 13.6. The largest absolute Gasteiger partial charge is 0.493 e. The van der Waals surface area contributed by atoms with Crippen molar-refractivity contribution in [2.75, 3.05) is 52.4 Å². The average Bonchev–Trinajstić information content (AvgIpc) is 3.37. The monoisotopic (exact) mass is 584 g/mol. The molecule has 0 aromatic heterocycles. The summed E-state index contributed by atoms with van der Waals surface area (Å²) in [7, 11) is 0. The third kappa shape index (κ3) is 6.69. The molecule has 2 saturated heterocycles. The van der Waals surface area contributed by atoms with Crippen molar-refractivity contribution in [1.29, 1.82) is 0 Å². The molecule has 0 spiro atoms. The van der Waals surface area contributed by atoms with Crippen molar-refractivity contribution >= 4 is 29.3 Å². The Morgan fingerprint density at radius 2 is 1.68 bits per heavy atom. The van der Waals surface area contributed by atoms with E-state index in [0.717, 1.165) is 68.1 Å². The summed E-state index contributed by atoms with van der Waals surface area (Å²) >= 11 is 6.35. The molecule has 4 aliphatic carbocycles. The number of hydrogen-bond donors (Lipinski definition) is 1. The number of hydrogen-bond acceptors (Lipinski definition) is 5. The van der Waals surface area contributed by atoms with E-state index in [1.54, 1.807) is 6.92 Å². The summed E-state index contributed by atoms with van der Waals surface area (Å²) in [6.07, 6.45) is 8.93. The first kappa shape index (κ1) is 28.8. The summed E-state index contributed by atoms with van der Waals surface area (Å²) in [4.78, 5) is 43.4. The lowest BCUT2D eigenvalue weighted by atomic mass is 9.67. The lowest BCUT2D eigenvalue weighted by Gasteiger charge is -2.38. The lowest BCUT2D eigenvalue weighted by molar-refractivity contribution is -0.135. The number of benzene rings is 1. The molecule has 4 saturated carbocycles. The number of piperazine rings is 1. The van der Waals surface area contributed by atoms with Gasteiger partial charge in [0.15, 0.2) is 0 Å². The molecule has 2 heterocycles. The quantitative estimate of drug-likeness (QED) is 0.475. The van der Waals surface area contributed by atoms with Gasteiger partial charge in [0.25, 0.3) is 0 Å². The number of carbonyl (C=O) groups is 3. The predicted octanol–water partition coefficient (Wildman–Crippen LogP) is 3.95. The van der Waals surface area contributed by atoms with Crippen LogP contribution in [0.5, 0.6) is 5.75 Å². The number of amides is 3. The van der Waals surface area contributed by atoms with Gasteiger partial charge < -0.3 is 19.9 Å². The molecule has 224 valence electrons. The van der Waals surface area contributed by atoms with Crippen LogP contribution in [0.2, 0.25) is 5.02 Å². The standard InChI is InChI=1S/C32H45ClN4O4/c1-22(38)36-6-4-23(5-7-36)21-41-29-3-2-28(33)14-27(29)20-35-8-10-37(11-9-35)31(40)19-34-30(39)18-32-15-24-12-25(16-32)26(13-24)17-32/h2-3,14,23-26H,4-13,15-21H2,1H3,(H,34,39). The van der Waals surface area contributed by atoms with Gasteiger partial charge in [0, 0.05) is 69.7 Å². The molecule has 6 aliphatic rings. The Bertz CT molecular complexity index is 1120. The highest BCUT2D eigenvalue weighted by molar-refractivity contribution is 6.30. The second kappa shape index (κ2) is 12.1. The highest BCUT2D eigenvalue weighted by atomic mass is 35.5. The summed E-state index contributed by atoms with van der Waals surface area (Å²) in [5.74, 6) is 4.04. The van der Waals surface area contributed by atoms with E-state index in [0.29, 0.717) is 43.6 Å². The van der Waals surface area contributed by atoms with Crippen molar-refractivity contribution in [3.8, 4) is 5.75 Å². The maximum Gasteiger partial charge on any atom is 0.242 e. The molecule has 0 radical (unpaired) electrons. The summed E-state index contributed by atoms with van der Waals surface area (Å²) in [5, 5.41) is 3.64. The van der Waals surface area contributed by atoms with Gasteiger partial charge >= 0.3 is 0 Å². The minimum Gasteiger partial charge on any atom is -0.493 e. The van der Waals surface area contributed by atoms with E-state index in [1.165, 1.54) is 32.1 Å². The zero-order chi connectivity index (χ0) is 28.6. The van der Waals surface area contributed by atoms with E-state index in [4.69, 9.17) is 16.3 Å². The van der Waals surface area contributed by atoms with Crippen LogP contribution in [-0.2, 0) is 20.9 Å². The summed E-state index contributed by atoms with van der Waals surface area (Å²) < 4.78 is 6.27. The second-order valence-corrected chi connectivity index (χ2v) is 14.0. The minimum absolute atomic E-state index is 0.00823. The van der Waals surface area contributed by atoms with E-state index in [-0.39, 0.29) is 29.7 Å². The third-order valence-corrected chi connectivity index (χ3v) is 10.9. The van der Waals surface area contributed by atoms with Crippen molar-refractivity contribution < 1.29 is 19.1 Å². The maximum atomic E-state index is 12.9. The van der Waals surface area contributed by atoms with E-state index in [9.17, 15) is 14.4 Å². The van der Waals surface area contributed by atoms with Crippen molar-refractivity contribution in [2.45, 2.75) is 64.8 Å². The average molecular weight is 585 g/mol. The van der Waals surface area contributed by atoms with Crippen LogP contribution in [-0.4, -0.2) is 84.8 Å². The Morgan fingerprint density at radius 3 is 2.34 bits per heavy atom. The van der Waals surface area contributed by atoms with Gasteiger partial charge in [-0.1, -0.05) is 11.6 Å². The molecule has 4 bridgehead atoms. The number of halogens is 1. The van der Waals surface area contributed by atoms with Gasteiger partial charge in [0.1, 0.15) is 5.75 Å². The highest BCUT2D eigenvalue weighted by Gasteiger charge is 2.56. The summed E-state index contributed by atoms with van der Waals surface area (Å²) in [5.41, 5.74) is 1.27. The molecule has 2 unspecified atom stereocenters. The number of carbonyl (C=O) groups excluding carboxylic acids is 3. The number of likely N-dealkylation sites (tertiary alicyclic amines) is 1. The normalized spacial score (nSPS) is 29.7. The molecule has 2 atom stereocenters. The molecule has 3 amide bonds. The zero-order valence-corrected chi connectivity index (χ0v) is 25.2. The molecular weight excluding hydrogens is 540 g/mol. The number of nitrogens with zero attached hydrogens (tertiary/aromatic N) is 3. The Balaban J connectivity index is 0.930. The Labute approximate surface area is 249 Å². The van der Waals surface area contributed by atoms with Crippen LogP contribution in [0.4, 0.5) is 0 Å². The first-order valence-corrected chi connectivity index (χ1v) is 16.1. The molecule has 1 N–H and O–H groups in total. The fraction of sp³-hybridized carbons (Fsp3) is 0.719. The van der Waals surface area contributed by atoms with E-state index in [2.05, 4.69) is 10.2 Å². The van der Waals surface area contributed by atoms with Gasteiger partial charge in [-0.2, -0.15) is 0 Å². The predicted molar refractivity (Wildman–Crippen MR) is 157 cm³/mol. The van der Waals surface area contributed by atoms with Gasteiger partial charge in [-0.05, 0) is 92.2 Å². The van der Waals surface area contributed by atoms with Crippen LogP contribution in [0.3, 0.4) is 0 Å². The lowest BCUT2D eigenvalue weighted by Crippen LogP contribution is -2.51. The number of nitrogens with one attached hydrogen (secondary N) is 1. The SMILES string of the molecule is CC(=O)N1CCC(COc2ccc(Cl)cc2CN2CCN(C(=O)CNC(=O)CC34CC5CC(C3)C(C5)C4)CC2)CC1. The van der Waals surface area contributed by atoms with Gasteiger partial charge in [0.05, 0.1) is 13.2 Å². The van der Waals surface area contributed by atoms with Crippen molar-refractivity contribution in [3.05, 3.63) is 28.8 Å². The number of piperidine rings is 1. The summed E-state index contributed by atoms with van der Waals surface area (Å²) in [6, 6.07) is 5.79. The highest BCUT2D eigenvalue weighted by Crippen LogP contribution is 2.65. The van der Waals surface area contributed by atoms with Crippen LogP contribution in [0.15, 0.2) is 18.2 Å². The van der Waals surface area contributed by atoms with Crippen LogP contribution in [0.1, 0.15) is 63.9 Å². The van der Waals surface area contributed by atoms with Crippen LogP contribution in [0.25, 0.3) is 0 Å². The molecule has 41 heavy (non-hydrogen) atoms. The Kier molecular flexibility index (Phi) is 8.51. The molecule has 8 nitrogen and oxygen atoms in total. The van der Waals surface area contributed by atoms with Gasteiger partial charge in [-0.25, -0.2) is 0 Å². The van der Waals surface area contributed by atoms with Crippen molar-refractivity contribution in [3.63, 3.8) is 0 Å². The minimum atomic E-state index is 0.00823. The van der Waals surface area contributed by atoms with Gasteiger partial charge in [-0.3, -0.25) is 19.3 Å². The van der Waals surface area contributed by atoms with Crippen molar-refractivity contribution in [2.24, 2.45) is 29.1 Å². The smallest absolute Gasteiger partial charge is 0.242 e. The van der Waals surface area contributed by atoms with Gasteiger partial charge in [-0.15, -0.1) is 0 Å². The molecule has 1 aromatic carbocycles. The molecule has 7 rings (SSSR count). The van der Waals surface area contributed by atoms with E-state index in [1.807, 2.05) is 28.0 Å². The first-order chi connectivity index (χ1) is 19.7. The fourth-order valence-corrected chi connectivity index (χ4v) is 8.91. The molecule has 6 fully saturated rings. The Morgan fingerprint density at radius 1 is 0.976 bits per heavy atom. The van der Waals surface area contributed by atoms with Crippen LogP contribution < -0.4 is 10.1 Å².